The normalized spacial score (nSPS) is 18.4. The van der Waals surface area contributed by atoms with Crippen molar-refractivity contribution in [2.45, 2.75) is 31.8 Å². The van der Waals surface area contributed by atoms with Gasteiger partial charge in [-0.05, 0) is 43.1 Å². The molecule has 0 radical (unpaired) electrons. The van der Waals surface area contributed by atoms with Gasteiger partial charge in [0.1, 0.15) is 0 Å². The summed E-state index contributed by atoms with van der Waals surface area (Å²) >= 11 is 0. The SMILES string of the molecule is O=C(Nc1ccc(Cn2cccn2)cc1)C1CCCCN1. The Morgan fingerprint density at radius 2 is 2.19 bits per heavy atom. The molecule has 1 fully saturated rings. The zero-order chi connectivity index (χ0) is 14.5. The predicted molar refractivity (Wildman–Crippen MR) is 82.0 cm³/mol. The molecule has 0 bridgehead atoms. The highest BCUT2D eigenvalue weighted by Crippen LogP contribution is 2.13. The summed E-state index contributed by atoms with van der Waals surface area (Å²) in [5, 5.41) is 10.4. The minimum atomic E-state index is -0.0532. The van der Waals surface area contributed by atoms with Crippen molar-refractivity contribution in [3.8, 4) is 0 Å². The van der Waals surface area contributed by atoms with Crippen LogP contribution in [0.1, 0.15) is 24.8 Å². The van der Waals surface area contributed by atoms with Gasteiger partial charge in [-0.1, -0.05) is 18.6 Å². The van der Waals surface area contributed by atoms with Crippen molar-refractivity contribution >= 4 is 11.6 Å². The summed E-state index contributed by atoms with van der Waals surface area (Å²) in [6.45, 7) is 1.67. The first-order chi connectivity index (χ1) is 10.3. The monoisotopic (exact) mass is 284 g/mol. The fourth-order valence-electron chi connectivity index (χ4n) is 2.58. The first-order valence-corrected chi connectivity index (χ1v) is 7.42. The summed E-state index contributed by atoms with van der Waals surface area (Å²) in [4.78, 5) is 12.1. The van der Waals surface area contributed by atoms with E-state index in [4.69, 9.17) is 0 Å². The van der Waals surface area contributed by atoms with Gasteiger partial charge < -0.3 is 10.6 Å². The van der Waals surface area contributed by atoms with Gasteiger partial charge in [-0.15, -0.1) is 0 Å². The van der Waals surface area contributed by atoms with Crippen LogP contribution in [0.4, 0.5) is 5.69 Å². The molecule has 0 aliphatic carbocycles. The average Bonchev–Trinajstić information content (AvgIpc) is 3.03. The zero-order valence-corrected chi connectivity index (χ0v) is 12.0. The molecule has 5 nitrogen and oxygen atoms in total. The lowest BCUT2D eigenvalue weighted by Crippen LogP contribution is -2.43. The minimum Gasteiger partial charge on any atom is -0.325 e. The average molecular weight is 284 g/mol. The van der Waals surface area contributed by atoms with E-state index in [0.29, 0.717) is 0 Å². The number of hydrogen-bond donors (Lipinski definition) is 2. The fraction of sp³-hybridized carbons (Fsp3) is 0.375. The fourth-order valence-corrected chi connectivity index (χ4v) is 2.58. The molecule has 3 rings (SSSR count). The Kier molecular flexibility index (Phi) is 4.31. The molecule has 0 spiro atoms. The highest BCUT2D eigenvalue weighted by molar-refractivity contribution is 5.94. The Morgan fingerprint density at radius 1 is 1.33 bits per heavy atom. The van der Waals surface area contributed by atoms with E-state index in [2.05, 4.69) is 15.7 Å². The Bertz CT molecular complexity index is 571. The van der Waals surface area contributed by atoms with Gasteiger partial charge in [0.05, 0.1) is 12.6 Å². The quantitative estimate of drug-likeness (QED) is 0.903. The summed E-state index contributed by atoms with van der Waals surface area (Å²) in [6.07, 6.45) is 6.90. The molecule has 1 aliphatic heterocycles. The molecular weight excluding hydrogens is 264 g/mol. The first kappa shape index (κ1) is 13.8. The lowest BCUT2D eigenvalue weighted by atomic mass is 10.0. The van der Waals surface area contributed by atoms with Gasteiger partial charge in [-0.3, -0.25) is 9.48 Å². The van der Waals surface area contributed by atoms with E-state index < -0.39 is 0 Å². The predicted octanol–water partition coefficient (Wildman–Crippen LogP) is 2.01. The highest BCUT2D eigenvalue weighted by atomic mass is 16.2. The topological polar surface area (TPSA) is 59.0 Å². The molecule has 5 heteroatoms. The third-order valence-electron chi connectivity index (χ3n) is 3.75. The number of carbonyl (C=O) groups is 1. The third-order valence-corrected chi connectivity index (χ3v) is 3.75. The van der Waals surface area contributed by atoms with E-state index in [0.717, 1.165) is 43.6 Å². The van der Waals surface area contributed by atoms with Gasteiger partial charge in [-0.25, -0.2) is 0 Å². The van der Waals surface area contributed by atoms with Crippen molar-refractivity contribution in [2.75, 3.05) is 11.9 Å². The van der Waals surface area contributed by atoms with E-state index in [1.165, 1.54) is 0 Å². The number of nitrogens with zero attached hydrogens (tertiary/aromatic N) is 2. The third kappa shape index (κ3) is 3.70. The zero-order valence-electron chi connectivity index (χ0n) is 12.0. The Labute approximate surface area is 124 Å². The number of carbonyl (C=O) groups excluding carboxylic acids is 1. The van der Waals surface area contributed by atoms with Crippen molar-refractivity contribution in [1.29, 1.82) is 0 Å². The number of amides is 1. The Hall–Kier alpha value is -2.14. The molecule has 2 N–H and O–H groups in total. The van der Waals surface area contributed by atoms with Crippen LogP contribution in [0.5, 0.6) is 0 Å². The van der Waals surface area contributed by atoms with Crippen LogP contribution >= 0.6 is 0 Å². The van der Waals surface area contributed by atoms with Crippen LogP contribution in [0, 0.1) is 0 Å². The molecular formula is C16H20N4O. The van der Waals surface area contributed by atoms with Gasteiger partial charge in [0.2, 0.25) is 5.91 Å². The Balaban J connectivity index is 1.57. The van der Waals surface area contributed by atoms with Crippen LogP contribution in [0.15, 0.2) is 42.7 Å². The first-order valence-electron chi connectivity index (χ1n) is 7.42. The van der Waals surface area contributed by atoms with Crippen molar-refractivity contribution in [3.05, 3.63) is 48.3 Å². The van der Waals surface area contributed by atoms with Gasteiger partial charge in [0.25, 0.3) is 0 Å². The van der Waals surface area contributed by atoms with E-state index in [1.54, 1.807) is 6.20 Å². The van der Waals surface area contributed by atoms with Gasteiger partial charge in [0.15, 0.2) is 0 Å². The maximum atomic E-state index is 12.1. The van der Waals surface area contributed by atoms with Crippen LogP contribution in [0.25, 0.3) is 0 Å². The van der Waals surface area contributed by atoms with Gasteiger partial charge in [-0.2, -0.15) is 5.10 Å². The molecule has 0 saturated carbocycles. The molecule has 1 amide bonds. The van der Waals surface area contributed by atoms with Crippen LogP contribution in [-0.2, 0) is 11.3 Å². The van der Waals surface area contributed by atoms with E-state index >= 15 is 0 Å². The number of aromatic nitrogens is 2. The highest BCUT2D eigenvalue weighted by Gasteiger charge is 2.20. The molecule has 2 aromatic rings. The molecule has 21 heavy (non-hydrogen) atoms. The second-order valence-electron chi connectivity index (χ2n) is 5.39. The summed E-state index contributed by atoms with van der Waals surface area (Å²) in [5.41, 5.74) is 2.00. The Morgan fingerprint density at radius 3 is 2.86 bits per heavy atom. The number of piperidine rings is 1. The molecule has 1 aromatic heterocycles. The van der Waals surface area contributed by atoms with Crippen LogP contribution in [0.3, 0.4) is 0 Å². The smallest absolute Gasteiger partial charge is 0.241 e. The van der Waals surface area contributed by atoms with Crippen LogP contribution in [-0.4, -0.2) is 28.3 Å². The minimum absolute atomic E-state index is 0.0532. The van der Waals surface area contributed by atoms with Crippen molar-refractivity contribution in [2.24, 2.45) is 0 Å². The number of rotatable bonds is 4. The summed E-state index contributed by atoms with van der Waals surface area (Å²) < 4.78 is 1.87. The van der Waals surface area contributed by atoms with E-state index in [9.17, 15) is 4.79 Å². The lowest BCUT2D eigenvalue weighted by Gasteiger charge is -2.22. The standard InChI is InChI=1S/C16H20N4O/c21-16(15-4-1-2-9-17-15)19-14-7-5-13(6-8-14)12-20-11-3-10-18-20/h3,5-8,10-11,15,17H,1-2,4,9,12H2,(H,19,21). The molecule has 110 valence electrons. The maximum Gasteiger partial charge on any atom is 0.241 e. The second kappa shape index (κ2) is 6.54. The van der Waals surface area contributed by atoms with Crippen molar-refractivity contribution < 1.29 is 4.79 Å². The number of benzene rings is 1. The number of hydrogen-bond acceptors (Lipinski definition) is 3. The molecule has 1 atom stereocenters. The molecule has 1 saturated heterocycles. The molecule has 1 aromatic carbocycles. The summed E-state index contributed by atoms with van der Waals surface area (Å²) in [7, 11) is 0. The van der Waals surface area contributed by atoms with E-state index in [1.807, 2.05) is 41.2 Å². The van der Waals surface area contributed by atoms with E-state index in [-0.39, 0.29) is 11.9 Å². The molecule has 1 unspecified atom stereocenters. The summed E-state index contributed by atoms with van der Waals surface area (Å²) in [5.74, 6) is 0.0644. The molecule has 2 heterocycles. The van der Waals surface area contributed by atoms with Crippen LogP contribution < -0.4 is 10.6 Å². The summed E-state index contributed by atoms with van der Waals surface area (Å²) in [6, 6.07) is 9.78. The van der Waals surface area contributed by atoms with Gasteiger partial charge >= 0.3 is 0 Å². The van der Waals surface area contributed by atoms with Gasteiger partial charge in [0, 0.05) is 18.1 Å². The number of nitrogens with one attached hydrogen (secondary N) is 2. The van der Waals surface area contributed by atoms with Crippen molar-refractivity contribution in [1.82, 2.24) is 15.1 Å². The second-order valence-corrected chi connectivity index (χ2v) is 5.39. The number of anilines is 1. The lowest BCUT2D eigenvalue weighted by molar-refractivity contribution is -0.118. The van der Waals surface area contributed by atoms with Crippen molar-refractivity contribution in [3.63, 3.8) is 0 Å². The van der Waals surface area contributed by atoms with Crippen LogP contribution in [0.2, 0.25) is 0 Å². The molecule has 1 aliphatic rings. The largest absolute Gasteiger partial charge is 0.325 e. The maximum absolute atomic E-state index is 12.1.